The van der Waals surface area contributed by atoms with Gasteiger partial charge in [0.05, 0.1) is 47.0 Å². The van der Waals surface area contributed by atoms with Crippen LogP contribution in [0.2, 0.25) is 5.02 Å². The van der Waals surface area contributed by atoms with Gasteiger partial charge in [-0.25, -0.2) is 9.38 Å². The molecule has 2 heterocycles. The maximum Gasteiger partial charge on any atom is 0.418 e. The molecule has 0 aliphatic carbocycles. The number of rotatable bonds is 7. The highest BCUT2D eigenvalue weighted by Gasteiger charge is 2.42. The second-order valence-electron chi connectivity index (χ2n) is 8.02. The van der Waals surface area contributed by atoms with Gasteiger partial charge in [-0.05, 0) is 24.6 Å². The number of alkyl halides is 6. The van der Waals surface area contributed by atoms with E-state index >= 15 is 0 Å². The molecule has 7 nitrogen and oxygen atoms in total. The van der Waals surface area contributed by atoms with E-state index in [9.17, 15) is 40.3 Å². The number of aliphatic imine (C=N–C) groups is 1. The molecule has 15 heteroatoms. The lowest BCUT2D eigenvalue weighted by molar-refractivity contribution is -0.151. The number of benzene rings is 1. The van der Waals surface area contributed by atoms with E-state index in [2.05, 4.69) is 20.6 Å². The Labute approximate surface area is 210 Å². The van der Waals surface area contributed by atoms with Gasteiger partial charge in [-0.2, -0.15) is 26.3 Å². The van der Waals surface area contributed by atoms with Crippen molar-refractivity contribution in [1.29, 1.82) is 0 Å². The van der Waals surface area contributed by atoms with Crippen molar-refractivity contribution >= 4 is 41.0 Å². The van der Waals surface area contributed by atoms with Crippen LogP contribution in [0.4, 0.5) is 42.1 Å². The van der Waals surface area contributed by atoms with Crippen molar-refractivity contribution in [3.8, 4) is 0 Å². The van der Waals surface area contributed by atoms with Crippen molar-refractivity contribution in [2.45, 2.75) is 31.7 Å². The van der Waals surface area contributed by atoms with Crippen molar-refractivity contribution in [2.75, 3.05) is 18.5 Å². The van der Waals surface area contributed by atoms with Crippen molar-refractivity contribution < 1.29 is 45.1 Å². The van der Waals surface area contributed by atoms with E-state index in [0.29, 0.717) is 6.07 Å². The number of pyridine rings is 1. The molecular formula is C22H18ClF7N4O3. The Bertz CT molecular complexity index is 1200. The minimum atomic E-state index is -4.83. The Morgan fingerprint density at radius 3 is 2.54 bits per heavy atom. The molecule has 37 heavy (non-hydrogen) atoms. The van der Waals surface area contributed by atoms with Gasteiger partial charge < -0.3 is 15.4 Å². The van der Waals surface area contributed by atoms with Gasteiger partial charge in [0.1, 0.15) is 17.7 Å². The molecule has 0 spiro atoms. The summed E-state index contributed by atoms with van der Waals surface area (Å²) in [4.78, 5) is 31.5. The smallest absolute Gasteiger partial charge is 0.380 e. The first kappa shape index (κ1) is 28.3. The Kier molecular flexibility index (Phi) is 8.42. The normalized spacial score (nSPS) is 18.3. The van der Waals surface area contributed by atoms with Crippen molar-refractivity contribution in [3.63, 3.8) is 0 Å². The van der Waals surface area contributed by atoms with E-state index in [1.54, 1.807) is 0 Å². The van der Waals surface area contributed by atoms with Crippen LogP contribution in [0.15, 0.2) is 35.5 Å². The molecular weight excluding hydrogens is 537 g/mol. The maximum atomic E-state index is 14.1. The van der Waals surface area contributed by atoms with Crippen molar-refractivity contribution in [2.24, 2.45) is 10.4 Å². The summed E-state index contributed by atoms with van der Waals surface area (Å²) in [5.41, 5.74) is -3.53. The summed E-state index contributed by atoms with van der Waals surface area (Å²) in [5, 5.41) is 4.70. The third-order valence-corrected chi connectivity index (χ3v) is 5.56. The summed E-state index contributed by atoms with van der Waals surface area (Å²) in [6.07, 6.45) is -9.40. The summed E-state index contributed by atoms with van der Waals surface area (Å²) in [5.74, 6) is -3.33. The maximum absolute atomic E-state index is 14.1. The number of anilines is 2. The average molecular weight is 555 g/mol. The number of nitrogens with zero attached hydrogens (tertiary/aromatic N) is 2. The number of aromatic nitrogens is 1. The first-order valence-corrected chi connectivity index (χ1v) is 10.9. The number of carbonyl (C=O) groups excluding carboxylic acids is 2. The summed E-state index contributed by atoms with van der Waals surface area (Å²) in [6, 6.07) is 3.64. The van der Waals surface area contributed by atoms with Gasteiger partial charge >= 0.3 is 12.4 Å². The Morgan fingerprint density at radius 2 is 1.95 bits per heavy atom. The third kappa shape index (κ3) is 7.38. The van der Waals surface area contributed by atoms with Crippen LogP contribution < -0.4 is 10.6 Å². The minimum Gasteiger partial charge on any atom is -0.380 e. The van der Waals surface area contributed by atoms with E-state index in [4.69, 9.17) is 16.3 Å². The molecule has 1 saturated heterocycles. The standard InChI is InChI=1S/C22H18ClF7N4O3/c23-14-6-12(34-18-13(22(28,29)30)2-1-3-15(18)24)8-31-16(14)9-32-19(36)20(4-5-37-11-20)10-33-17(35)7-21(25,26)27/h1-3,6,8,10,34H,4-5,7,9,11H2,(H,32,36)/t20-/m0/s1. The van der Waals surface area contributed by atoms with Gasteiger partial charge in [0, 0.05) is 12.8 Å². The Hall–Kier alpha value is -3.26. The van der Waals surface area contributed by atoms with Crippen LogP contribution in [-0.2, 0) is 27.0 Å². The molecule has 2 amide bonds. The van der Waals surface area contributed by atoms with Crippen LogP contribution >= 0.6 is 11.6 Å². The molecule has 1 aliphatic heterocycles. The van der Waals surface area contributed by atoms with E-state index < -0.39 is 53.1 Å². The van der Waals surface area contributed by atoms with E-state index in [-0.39, 0.29) is 42.6 Å². The van der Waals surface area contributed by atoms with Gasteiger partial charge in [-0.3, -0.25) is 14.6 Å². The molecule has 0 unspecified atom stereocenters. The molecule has 2 aromatic rings. The number of carbonyl (C=O) groups is 2. The van der Waals surface area contributed by atoms with Crippen molar-refractivity contribution in [3.05, 3.63) is 52.6 Å². The molecule has 1 atom stereocenters. The summed E-state index contributed by atoms with van der Waals surface area (Å²) >= 11 is 6.14. The largest absolute Gasteiger partial charge is 0.418 e. The van der Waals surface area contributed by atoms with E-state index in [1.807, 2.05) is 0 Å². The second kappa shape index (κ2) is 11.0. The highest BCUT2D eigenvalue weighted by Crippen LogP contribution is 2.37. The molecule has 0 radical (unpaired) electrons. The quantitative estimate of drug-likeness (QED) is 0.362. The lowest BCUT2D eigenvalue weighted by atomic mass is 9.87. The number of para-hydroxylation sites is 1. The van der Waals surface area contributed by atoms with Crippen LogP contribution in [-0.4, -0.2) is 42.4 Å². The number of ether oxygens (including phenoxy) is 1. The van der Waals surface area contributed by atoms with Gasteiger partial charge in [0.15, 0.2) is 0 Å². The average Bonchev–Trinajstić information content (AvgIpc) is 3.27. The summed E-state index contributed by atoms with van der Waals surface area (Å²) in [6.45, 7) is -0.407. The molecule has 0 bridgehead atoms. The Morgan fingerprint density at radius 1 is 1.22 bits per heavy atom. The van der Waals surface area contributed by atoms with Gasteiger partial charge in [0.25, 0.3) is 5.91 Å². The van der Waals surface area contributed by atoms with Crippen LogP contribution in [0.3, 0.4) is 0 Å². The number of hydrogen-bond donors (Lipinski definition) is 2. The zero-order valence-corrected chi connectivity index (χ0v) is 19.4. The Balaban J connectivity index is 1.70. The third-order valence-electron chi connectivity index (χ3n) is 5.23. The van der Waals surface area contributed by atoms with Crippen molar-refractivity contribution in [1.82, 2.24) is 10.3 Å². The zero-order valence-electron chi connectivity index (χ0n) is 18.6. The first-order chi connectivity index (χ1) is 17.2. The molecule has 1 aliphatic rings. The topological polar surface area (TPSA) is 92.7 Å². The predicted molar refractivity (Wildman–Crippen MR) is 118 cm³/mol. The summed E-state index contributed by atoms with van der Waals surface area (Å²) in [7, 11) is 0. The molecule has 3 rings (SSSR count). The van der Waals surface area contributed by atoms with Crippen LogP contribution in [0.5, 0.6) is 0 Å². The van der Waals surface area contributed by atoms with Crippen LogP contribution in [0.25, 0.3) is 0 Å². The van der Waals surface area contributed by atoms with Gasteiger partial charge in [-0.15, -0.1) is 0 Å². The number of hydrogen-bond acceptors (Lipinski definition) is 5. The number of nitrogens with one attached hydrogen (secondary N) is 2. The van der Waals surface area contributed by atoms with Gasteiger partial charge in [0.2, 0.25) is 5.91 Å². The fourth-order valence-electron chi connectivity index (χ4n) is 3.37. The minimum absolute atomic E-state index is 0.0514. The lowest BCUT2D eigenvalue weighted by Crippen LogP contribution is -2.42. The number of halogens is 8. The van der Waals surface area contributed by atoms with Crippen LogP contribution in [0.1, 0.15) is 24.1 Å². The molecule has 1 aromatic heterocycles. The zero-order chi connectivity index (χ0) is 27.4. The highest BCUT2D eigenvalue weighted by molar-refractivity contribution is 6.31. The predicted octanol–water partition coefficient (Wildman–Crippen LogP) is 5.21. The molecule has 0 saturated carbocycles. The first-order valence-electron chi connectivity index (χ1n) is 10.5. The molecule has 1 fully saturated rings. The highest BCUT2D eigenvalue weighted by atomic mass is 35.5. The number of amides is 2. The molecule has 2 N–H and O–H groups in total. The summed E-state index contributed by atoms with van der Waals surface area (Å²) < 4.78 is 95.9. The van der Waals surface area contributed by atoms with Crippen LogP contribution in [0, 0.1) is 11.2 Å². The second-order valence-corrected chi connectivity index (χ2v) is 8.43. The van der Waals surface area contributed by atoms with E-state index in [0.717, 1.165) is 24.5 Å². The fourth-order valence-corrected chi connectivity index (χ4v) is 3.60. The lowest BCUT2D eigenvalue weighted by Gasteiger charge is -2.21. The van der Waals surface area contributed by atoms with E-state index in [1.165, 1.54) is 6.07 Å². The SMILES string of the molecule is O=C(CC(F)(F)F)N=C[C@@]1(C(=O)NCc2ncc(Nc3c(F)cccc3C(F)(F)F)cc2Cl)CCOC1. The molecule has 1 aromatic carbocycles. The fraction of sp³-hybridized carbons (Fsp3) is 0.364. The molecule has 200 valence electrons. The monoisotopic (exact) mass is 554 g/mol. The van der Waals surface area contributed by atoms with Gasteiger partial charge in [-0.1, -0.05) is 17.7 Å².